The van der Waals surface area contributed by atoms with Gasteiger partial charge in [-0.3, -0.25) is 4.84 Å². The fourth-order valence-corrected chi connectivity index (χ4v) is 2.10. The molecule has 20 heavy (non-hydrogen) atoms. The zero-order valence-electron chi connectivity index (χ0n) is 11.3. The van der Waals surface area contributed by atoms with Crippen LogP contribution < -0.4 is 5.06 Å². The van der Waals surface area contributed by atoms with E-state index in [9.17, 15) is 9.90 Å². The molecule has 0 saturated heterocycles. The second-order valence-corrected chi connectivity index (χ2v) is 4.39. The molecule has 2 aromatic rings. The molecule has 0 aromatic heterocycles. The quantitative estimate of drug-likeness (QED) is 0.821. The summed E-state index contributed by atoms with van der Waals surface area (Å²) in [5.41, 5.74) is 1.68. The molecule has 0 fully saturated rings. The Labute approximate surface area is 118 Å². The van der Waals surface area contributed by atoms with Gasteiger partial charge in [0.1, 0.15) is 0 Å². The third-order valence-electron chi connectivity index (χ3n) is 3.05. The molecule has 1 N–H and O–H groups in total. The van der Waals surface area contributed by atoms with Gasteiger partial charge >= 0.3 is 5.97 Å². The van der Waals surface area contributed by atoms with E-state index in [0.29, 0.717) is 6.42 Å². The van der Waals surface area contributed by atoms with Crippen molar-refractivity contribution in [2.75, 3.05) is 12.2 Å². The molecule has 0 amide bonds. The molecule has 4 heteroatoms. The maximum Gasteiger partial charge on any atom is 0.329 e. The van der Waals surface area contributed by atoms with E-state index in [2.05, 4.69) is 0 Å². The molecule has 0 heterocycles. The minimum atomic E-state index is -0.917. The molecule has 0 bridgehead atoms. The number of para-hydroxylation sites is 1. The van der Waals surface area contributed by atoms with Gasteiger partial charge in [-0.25, -0.2) is 9.86 Å². The fraction of sp³-hybridized carbons (Fsp3) is 0.188. The zero-order chi connectivity index (χ0) is 14.4. The average molecular weight is 271 g/mol. The number of anilines is 1. The normalized spacial score (nSPS) is 11.8. The van der Waals surface area contributed by atoms with E-state index >= 15 is 0 Å². The van der Waals surface area contributed by atoms with Crippen molar-refractivity contribution < 1.29 is 14.7 Å². The number of benzene rings is 2. The summed E-state index contributed by atoms with van der Waals surface area (Å²) in [6.45, 7) is 0. The molecular weight excluding hydrogens is 254 g/mol. The highest BCUT2D eigenvalue weighted by molar-refractivity contribution is 5.78. The number of carbonyl (C=O) groups is 1. The van der Waals surface area contributed by atoms with E-state index < -0.39 is 12.0 Å². The van der Waals surface area contributed by atoms with Gasteiger partial charge in [-0.1, -0.05) is 48.5 Å². The summed E-state index contributed by atoms with van der Waals surface area (Å²) in [7, 11) is 1.48. The molecule has 0 aliphatic rings. The highest BCUT2D eigenvalue weighted by atomic mass is 16.7. The van der Waals surface area contributed by atoms with Crippen LogP contribution in [0.4, 0.5) is 5.69 Å². The van der Waals surface area contributed by atoms with Gasteiger partial charge < -0.3 is 5.11 Å². The smallest absolute Gasteiger partial charge is 0.329 e. The molecule has 0 aliphatic carbocycles. The summed E-state index contributed by atoms with van der Waals surface area (Å²) < 4.78 is 0. The van der Waals surface area contributed by atoms with E-state index in [-0.39, 0.29) is 0 Å². The second kappa shape index (κ2) is 6.73. The van der Waals surface area contributed by atoms with Crippen LogP contribution >= 0.6 is 0 Å². The Hall–Kier alpha value is -2.33. The topological polar surface area (TPSA) is 49.8 Å². The first-order chi connectivity index (χ1) is 9.72. The number of hydrogen-bond donors (Lipinski definition) is 1. The molecule has 1 atom stereocenters. The van der Waals surface area contributed by atoms with Gasteiger partial charge in [-0.05, 0) is 17.7 Å². The highest BCUT2D eigenvalue weighted by Gasteiger charge is 2.26. The van der Waals surface area contributed by atoms with Crippen LogP contribution in [0.15, 0.2) is 60.7 Å². The average Bonchev–Trinajstić information content (AvgIpc) is 2.49. The fourth-order valence-electron chi connectivity index (χ4n) is 2.10. The number of aliphatic carboxylic acids is 1. The number of rotatable bonds is 6. The maximum absolute atomic E-state index is 11.6. The van der Waals surface area contributed by atoms with Gasteiger partial charge in [0.15, 0.2) is 6.04 Å². The lowest BCUT2D eigenvalue weighted by atomic mass is 10.1. The SMILES string of the molecule is CON(c1ccccc1)[C@@H](Cc1ccccc1)C(=O)O. The number of hydrogen-bond acceptors (Lipinski definition) is 3. The van der Waals surface area contributed by atoms with Gasteiger partial charge in [-0.15, -0.1) is 0 Å². The lowest BCUT2D eigenvalue weighted by molar-refractivity contribution is -0.140. The van der Waals surface area contributed by atoms with Crippen molar-refractivity contribution in [1.82, 2.24) is 0 Å². The van der Waals surface area contributed by atoms with Gasteiger partial charge in [-0.2, -0.15) is 0 Å². The largest absolute Gasteiger partial charge is 0.480 e. The van der Waals surface area contributed by atoms with E-state index in [1.165, 1.54) is 12.2 Å². The van der Waals surface area contributed by atoms with Crippen LogP contribution in [0.25, 0.3) is 0 Å². The first kappa shape index (κ1) is 14.1. The summed E-state index contributed by atoms with van der Waals surface area (Å²) in [6.07, 6.45) is 0.374. The Balaban J connectivity index is 2.25. The summed E-state index contributed by atoms with van der Waals surface area (Å²) in [5, 5.41) is 10.9. The molecule has 104 valence electrons. The molecular formula is C16H17NO3. The van der Waals surface area contributed by atoms with Crippen LogP contribution in [0.1, 0.15) is 5.56 Å². The highest BCUT2D eigenvalue weighted by Crippen LogP contribution is 2.19. The van der Waals surface area contributed by atoms with Crippen LogP contribution in [0.3, 0.4) is 0 Å². The monoisotopic (exact) mass is 271 g/mol. The minimum absolute atomic E-state index is 0.374. The van der Waals surface area contributed by atoms with E-state index in [4.69, 9.17) is 4.84 Å². The molecule has 0 unspecified atom stereocenters. The second-order valence-electron chi connectivity index (χ2n) is 4.39. The Kier molecular flexibility index (Phi) is 4.74. The van der Waals surface area contributed by atoms with Crippen molar-refractivity contribution >= 4 is 11.7 Å². The van der Waals surface area contributed by atoms with Crippen LogP contribution in [0, 0.1) is 0 Å². The molecule has 0 radical (unpaired) electrons. The lowest BCUT2D eigenvalue weighted by Crippen LogP contribution is -2.42. The Bertz CT molecular complexity index is 542. The molecule has 0 saturated carbocycles. The maximum atomic E-state index is 11.6. The first-order valence-electron chi connectivity index (χ1n) is 6.37. The van der Waals surface area contributed by atoms with E-state index in [0.717, 1.165) is 11.3 Å². The summed E-state index contributed by atoms with van der Waals surface area (Å²) in [4.78, 5) is 16.8. The molecule has 4 nitrogen and oxygen atoms in total. The number of nitrogens with zero attached hydrogens (tertiary/aromatic N) is 1. The summed E-state index contributed by atoms with van der Waals surface area (Å²) in [5.74, 6) is -0.917. The van der Waals surface area contributed by atoms with Crippen molar-refractivity contribution in [3.63, 3.8) is 0 Å². The predicted molar refractivity (Wildman–Crippen MR) is 77.5 cm³/mol. The van der Waals surface area contributed by atoms with Crippen LogP contribution in [0.2, 0.25) is 0 Å². The molecule has 2 rings (SSSR count). The molecule has 2 aromatic carbocycles. The summed E-state index contributed by atoms with van der Waals surface area (Å²) in [6, 6.07) is 18.0. The standard InChI is InChI=1S/C16H17NO3/c1-20-17(14-10-6-3-7-11-14)15(16(18)19)12-13-8-4-2-5-9-13/h2-11,15H,12H2,1H3,(H,18,19)/t15-/m0/s1. The Morgan fingerprint density at radius 2 is 1.65 bits per heavy atom. The number of hydroxylamine groups is 1. The Morgan fingerprint density at radius 1 is 1.10 bits per heavy atom. The number of carboxylic acids is 1. The molecule has 0 aliphatic heterocycles. The first-order valence-corrected chi connectivity index (χ1v) is 6.37. The van der Waals surface area contributed by atoms with Crippen molar-refractivity contribution in [2.45, 2.75) is 12.5 Å². The zero-order valence-corrected chi connectivity index (χ0v) is 11.3. The van der Waals surface area contributed by atoms with Gasteiger partial charge in [0.05, 0.1) is 12.8 Å². The van der Waals surface area contributed by atoms with Crippen molar-refractivity contribution in [2.24, 2.45) is 0 Å². The predicted octanol–water partition coefficient (Wildman–Crippen LogP) is 2.75. The van der Waals surface area contributed by atoms with Gasteiger partial charge in [0, 0.05) is 6.42 Å². The van der Waals surface area contributed by atoms with E-state index in [1.54, 1.807) is 0 Å². The Morgan fingerprint density at radius 3 is 2.15 bits per heavy atom. The lowest BCUT2D eigenvalue weighted by Gasteiger charge is -2.28. The summed E-state index contributed by atoms with van der Waals surface area (Å²) >= 11 is 0. The van der Waals surface area contributed by atoms with Crippen molar-refractivity contribution in [1.29, 1.82) is 0 Å². The third kappa shape index (κ3) is 3.36. The third-order valence-corrected chi connectivity index (χ3v) is 3.05. The molecule has 0 spiro atoms. The van der Waals surface area contributed by atoms with Crippen molar-refractivity contribution in [3.05, 3.63) is 66.2 Å². The minimum Gasteiger partial charge on any atom is -0.480 e. The van der Waals surface area contributed by atoms with Crippen LogP contribution in [-0.4, -0.2) is 24.2 Å². The van der Waals surface area contributed by atoms with E-state index in [1.807, 2.05) is 60.7 Å². The van der Waals surface area contributed by atoms with Crippen molar-refractivity contribution in [3.8, 4) is 0 Å². The van der Waals surface area contributed by atoms with Crippen LogP contribution in [-0.2, 0) is 16.1 Å². The van der Waals surface area contributed by atoms with Crippen LogP contribution in [0.5, 0.6) is 0 Å². The van der Waals surface area contributed by atoms with Gasteiger partial charge in [0.2, 0.25) is 0 Å². The van der Waals surface area contributed by atoms with Gasteiger partial charge in [0.25, 0.3) is 0 Å². The number of carboxylic acid groups (broad SMARTS) is 1.